The molecular formula is C18H20N2O5. The number of hydrazone groups is 1. The van der Waals surface area contributed by atoms with Crippen molar-refractivity contribution in [2.45, 2.75) is 26.9 Å². The van der Waals surface area contributed by atoms with Crippen LogP contribution in [0.5, 0.6) is 17.2 Å². The second kappa shape index (κ2) is 8.05. The summed E-state index contributed by atoms with van der Waals surface area (Å²) in [7, 11) is 0. The second-order valence-corrected chi connectivity index (χ2v) is 5.38. The number of hydrogen-bond acceptors (Lipinski definition) is 6. The molecule has 7 nitrogen and oxygen atoms in total. The Balaban J connectivity index is 2.03. The Morgan fingerprint density at radius 2 is 1.96 bits per heavy atom. The van der Waals surface area contributed by atoms with Crippen LogP contribution in [-0.2, 0) is 11.3 Å². The van der Waals surface area contributed by atoms with Crippen LogP contribution < -0.4 is 5.43 Å². The number of rotatable bonds is 5. The number of carbonyl (C=O) groups excluding carboxylic acids is 1. The largest absolute Gasteiger partial charge is 0.508 e. The van der Waals surface area contributed by atoms with Gasteiger partial charge in [-0.25, -0.2) is 10.2 Å². The van der Waals surface area contributed by atoms with Gasteiger partial charge in [-0.2, -0.15) is 5.10 Å². The third-order valence-corrected chi connectivity index (χ3v) is 3.61. The average Bonchev–Trinajstić information content (AvgIpc) is 2.60. The molecule has 2 aromatic rings. The van der Waals surface area contributed by atoms with Crippen LogP contribution in [0.2, 0.25) is 0 Å². The predicted octanol–water partition coefficient (Wildman–Crippen LogP) is 3.15. The first-order valence-electron chi connectivity index (χ1n) is 7.71. The van der Waals surface area contributed by atoms with Crippen molar-refractivity contribution in [1.29, 1.82) is 0 Å². The number of ether oxygens (including phenoxy) is 1. The van der Waals surface area contributed by atoms with Gasteiger partial charge in [-0.05, 0) is 43.2 Å². The molecule has 0 atom stereocenters. The van der Waals surface area contributed by atoms with Crippen LogP contribution in [-0.4, -0.2) is 27.1 Å². The molecule has 2 rings (SSSR count). The first-order valence-corrected chi connectivity index (χ1v) is 7.71. The van der Waals surface area contributed by atoms with Crippen molar-refractivity contribution in [1.82, 2.24) is 5.43 Å². The monoisotopic (exact) mass is 344 g/mol. The summed E-state index contributed by atoms with van der Waals surface area (Å²) in [6, 6.07) is 9.36. The van der Waals surface area contributed by atoms with Gasteiger partial charge in [0.05, 0.1) is 5.71 Å². The smallest absolute Gasteiger partial charge is 0.428 e. The average molecular weight is 344 g/mol. The summed E-state index contributed by atoms with van der Waals surface area (Å²) in [6.07, 6.45) is -0.311. The molecule has 0 heterocycles. The molecule has 0 bridgehead atoms. The van der Waals surface area contributed by atoms with Crippen LogP contribution in [0, 0.1) is 6.92 Å². The molecule has 0 saturated carbocycles. The molecule has 0 aliphatic heterocycles. The molecule has 0 spiro atoms. The van der Waals surface area contributed by atoms with Crippen molar-refractivity contribution < 1.29 is 24.9 Å². The molecule has 0 unspecified atom stereocenters. The Morgan fingerprint density at radius 3 is 2.64 bits per heavy atom. The standard InChI is InChI=1S/C18H20N2O5/c1-3-15(14-7-8-16(22)11(2)17(14)23)19-20-18(24)25-10-12-5-4-6-13(21)9-12/h4-9,21-23H,3,10H2,1-2H3,(H,20,24)/b19-15+. The highest BCUT2D eigenvalue weighted by Gasteiger charge is 2.13. The van der Waals surface area contributed by atoms with E-state index in [4.69, 9.17) is 4.74 Å². The van der Waals surface area contributed by atoms with Crippen LogP contribution in [0.25, 0.3) is 0 Å². The second-order valence-electron chi connectivity index (χ2n) is 5.38. The van der Waals surface area contributed by atoms with Crippen molar-refractivity contribution in [3.05, 3.63) is 53.1 Å². The summed E-state index contributed by atoms with van der Waals surface area (Å²) < 4.78 is 5.02. The van der Waals surface area contributed by atoms with Crippen molar-refractivity contribution in [2.75, 3.05) is 0 Å². The van der Waals surface area contributed by atoms with Crippen molar-refractivity contribution in [2.24, 2.45) is 5.10 Å². The van der Waals surface area contributed by atoms with E-state index >= 15 is 0 Å². The number of nitrogens with one attached hydrogen (secondary N) is 1. The van der Waals surface area contributed by atoms with Crippen molar-refractivity contribution >= 4 is 11.8 Å². The highest BCUT2D eigenvalue weighted by Crippen LogP contribution is 2.30. The van der Waals surface area contributed by atoms with Gasteiger partial charge in [-0.3, -0.25) is 0 Å². The minimum atomic E-state index is -0.760. The number of aromatic hydroxyl groups is 3. The van der Waals surface area contributed by atoms with Crippen LogP contribution in [0.15, 0.2) is 41.5 Å². The molecule has 25 heavy (non-hydrogen) atoms. The normalized spacial score (nSPS) is 11.2. The quantitative estimate of drug-likeness (QED) is 0.492. The molecule has 132 valence electrons. The fourth-order valence-corrected chi connectivity index (χ4v) is 2.19. The van der Waals surface area contributed by atoms with Gasteiger partial charge in [-0.15, -0.1) is 0 Å². The Labute approximate surface area is 145 Å². The lowest BCUT2D eigenvalue weighted by molar-refractivity contribution is 0.140. The fraction of sp³-hybridized carbons (Fsp3) is 0.222. The Bertz CT molecular complexity index is 802. The number of phenolic OH excluding ortho intramolecular Hbond substituents is 3. The van der Waals surface area contributed by atoms with Crippen LogP contribution >= 0.6 is 0 Å². The molecule has 4 N–H and O–H groups in total. The number of phenols is 3. The van der Waals surface area contributed by atoms with Gasteiger partial charge < -0.3 is 20.1 Å². The maximum atomic E-state index is 11.8. The van der Waals surface area contributed by atoms with Gasteiger partial charge in [0.25, 0.3) is 0 Å². The van der Waals surface area contributed by atoms with Crippen LogP contribution in [0.3, 0.4) is 0 Å². The number of amides is 1. The summed E-state index contributed by atoms with van der Waals surface area (Å²) in [5, 5.41) is 33.0. The minimum Gasteiger partial charge on any atom is -0.508 e. The first-order chi connectivity index (χ1) is 11.9. The topological polar surface area (TPSA) is 111 Å². The summed E-state index contributed by atoms with van der Waals surface area (Å²) in [4.78, 5) is 11.8. The maximum Gasteiger partial charge on any atom is 0.428 e. The zero-order valence-corrected chi connectivity index (χ0v) is 14.0. The van der Waals surface area contributed by atoms with E-state index in [1.807, 2.05) is 6.92 Å². The zero-order chi connectivity index (χ0) is 18.4. The van der Waals surface area contributed by atoms with E-state index in [9.17, 15) is 20.1 Å². The molecule has 0 fully saturated rings. The number of carbonyl (C=O) groups is 1. The lowest BCUT2D eigenvalue weighted by atomic mass is 10.0. The molecule has 7 heteroatoms. The minimum absolute atomic E-state index is 0.0131. The Morgan fingerprint density at radius 1 is 1.20 bits per heavy atom. The van der Waals surface area contributed by atoms with E-state index in [0.29, 0.717) is 28.8 Å². The number of nitrogens with zero attached hydrogens (tertiary/aromatic N) is 1. The highest BCUT2D eigenvalue weighted by molar-refractivity contribution is 6.03. The van der Waals surface area contributed by atoms with Gasteiger partial charge in [0.15, 0.2) is 0 Å². The molecule has 0 radical (unpaired) electrons. The summed E-state index contributed by atoms with van der Waals surface area (Å²) >= 11 is 0. The van der Waals surface area contributed by atoms with Gasteiger partial charge in [0.2, 0.25) is 0 Å². The summed E-state index contributed by atoms with van der Waals surface area (Å²) in [6.45, 7) is 3.39. The van der Waals surface area contributed by atoms with Crippen LogP contribution in [0.1, 0.15) is 30.0 Å². The fourth-order valence-electron chi connectivity index (χ4n) is 2.19. The van der Waals surface area contributed by atoms with Crippen molar-refractivity contribution in [3.8, 4) is 17.2 Å². The molecule has 0 saturated heterocycles. The first kappa shape index (κ1) is 18.1. The van der Waals surface area contributed by atoms with E-state index in [-0.39, 0.29) is 23.9 Å². The third kappa shape index (κ3) is 4.63. The van der Waals surface area contributed by atoms with E-state index < -0.39 is 6.09 Å². The predicted molar refractivity (Wildman–Crippen MR) is 92.8 cm³/mol. The Kier molecular flexibility index (Phi) is 5.84. The van der Waals surface area contributed by atoms with Gasteiger partial charge in [0.1, 0.15) is 23.9 Å². The van der Waals surface area contributed by atoms with Gasteiger partial charge in [-0.1, -0.05) is 19.1 Å². The lowest BCUT2D eigenvalue weighted by Crippen LogP contribution is -2.21. The highest BCUT2D eigenvalue weighted by atomic mass is 16.6. The lowest BCUT2D eigenvalue weighted by Gasteiger charge is -2.10. The van der Waals surface area contributed by atoms with E-state index in [0.717, 1.165) is 0 Å². The number of benzene rings is 2. The summed E-state index contributed by atoms with van der Waals surface area (Å²) in [5.41, 5.74) is 4.11. The Hall–Kier alpha value is -3.22. The summed E-state index contributed by atoms with van der Waals surface area (Å²) in [5.74, 6) is -0.0170. The molecule has 0 aliphatic rings. The van der Waals surface area contributed by atoms with Crippen LogP contribution in [0.4, 0.5) is 4.79 Å². The molecule has 1 amide bonds. The van der Waals surface area contributed by atoms with Crippen molar-refractivity contribution in [3.63, 3.8) is 0 Å². The molecule has 0 aromatic heterocycles. The molecule has 0 aliphatic carbocycles. The van der Waals surface area contributed by atoms with Gasteiger partial charge in [0, 0.05) is 11.1 Å². The van der Waals surface area contributed by atoms with E-state index in [1.165, 1.54) is 24.3 Å². The molecule has 2 aromatic carbocycles. The zero-order valence-electron chi connectivity index (χ0n) is 14.0. The van der Waals surface area contributed by atoms with E-state index in [2.05, 4.69) is 10.5 Å². The van der Waals surface area contributed by atoms with E-state index in [1.54, 1.807) is 19.1 Å². The number of hydrogen-bond donors (Lipinski definition) is 4. The van der Waals surface area contributed by atoms with Gasteiger partial charge >= 0.3 is 6.09 Å². The maximum absolute atomic E-state index is 11.8. The SMILES string of the molecule is CC/C(=N\NC(=O)OCc1cccc(O)c1)c1ccc(O)c(C)c1O. The molecular weight excluding hydrogens is 324 g/mol. The third-order valence-electron chi connectivity index (χ3n) is 3.61.